The second-order valence-electron chi connectivity index (χ2n) is 7.15. The van der Waals surface area contributed by atoms with Crippen molar-refractivity contribution in [3.05, 3.63) is 30.2 Å². The molecule has 1 spiro atoms. The molecular weight excluding hydrogens is 320 g/mol. The number of piperidine rings is 1. The first-order chi connectivity index (χ1) is 12.1. The molecule has 4 heterocycles. The Kier molecular flexibility index (Phi) is 4.21. The van der Waals surface area contributed by atoms with Crippen LogP contribution in [-0.4, -0.2) is 61.4 Å². The van der Waals surface area contributed by atoms with E-state index in [9.17, 15) is 9.90 Å². The van der Waals surface area contributed by atoms with Gasteiger partial charge in [-0.3, -0.25) is 4.79 Å². The van der Waals surface area contributed by atoms with Crippen molar-refractivity contribution >= 4 is 11.6 Å². The highest BCUT2D eigenvalue weighted by Crippen LogP contribution is 2.38. The van der Waals surface area contributed by atoms with Gasteiger partial charge in [-0.25, -0.2) is 9.50 Å². The Bertz CT molecular complexity index is 767. The molecule has 1 amide bonds. The molecule has 2 aromatic rings. The predicted molar refractivity (Wildman–Crippen MR) is 91.3 cm³/mol. The average Bonchev–Trinajstić information content (AvgIpc) is 3.05. The number of carbonyl (C=O) groups excluding carboxylic acids is 1. The minimum atomic E-state index is -0.302. The maximum Gasteiger partial charge on any atom is 0.274 e. The molecular formula is C18H24N4O3. The van der Waals surface area contributed by atoms with Crippen molar-refractivity contribution < 1.29 is 14.6 Å². The Balaban J connectivity index is 1.47. The van der Waals surface area contributed by atoms with Crippen LogP contribution in [0, 0.1) is 0 Å². The Morgan fingerprint density at radius 2 is 2.24 bits per heavy atom. The molecule has 1 N–H and O–H groups in total. The van der Waals surface area contributed by atoms with Crippen molar-refractivity contribution in [2.45, 2.75) is 56.8 Å². The van der Waals surface area contributed by atoms with Crippen molar-refractivity contribution in [3.8, 4) is 0 Å². The van der Waals surface area contributed by atoms with E-state index in [0.717, 1.165) is 19.3 Å². The Morgan fingerprint density at radius 1 is 1.44 bits per heavy atom. The molecule has 2 aromatic heterocycles. The molecule has 2 atom stereocenters. The molecule has 2 aliphatic rings. The topological polar surface area (TPSA) is 80.0 Å². The Morgan fingerprint density at radius 3 is 3.00 bits per heavy atom. The van der Waals surface area contributed by atoms with E-state index < -0.39 is 0 Å². The van der Waals surface area contributed by atoms with Crippen LogP contribution in [-0.2, 0) is 4.74 Å². The smallest absolute Gasteiger partial charge is 0.274 e. The summed E-state index contributed by atoms with van der Waals surface area (Å²) in [5.41, 5.74) is 0.874. The second kappa shape index (κ2) is 6.38. The van der Waals surface area contributed by atoms with Crippen molar-refractivity contribution in [2.24, 2.45) is 0 Å². The van der Waals surface area contributed by atoms with Gasteiger partial charge in [0.2, 0.25) is 0 Å². The van der Waals surface area contributed by atoms with Gasteiger partial charge in [-0.05, 0) is 37.8 Å². The van der Waals surface area contributed by atoms with E-state index >= 15 is 0 Å². The van der Waals surface area contributed by atoms with Gasteiger partial charge in [-0.15, -0.1) is 0 Å². The summed E-state index contributed by atoms with van der Waals surface area (Å²) in [5, 5.41) is 14.4. The van der Waals surface area contributed by atoms with Crippen molar-refractivity contribution in [3.63, 3.8) is 0 Å². The second-order valence-corrected chi connectivity index (χ2v) is 7.15. The normalized spacial score (nSPS) is 26.2. The molecule has 7 heteroatoms. The first kappa shape index (κ1) is 16.5. The fourth-order valence-electron chi connectivity index (χ4n) is 4.09. The molecule has 134 valence electrons. The number of fused-ring (bicyclic) bond motifs is 1. The lowest BCUT2D eigenvalue weighted by molar-refractivity contribution is -0.179. The summed E-state index contributed by atoms with van der Waals surface area (Å²) >= 11 is 0. The van der Waals surface area contributed by atoms with Gasteiger partial charge in [0.25, 0.3) is 5.91 Å². The van der Waals surface area contributed by atoms with Crippen LogP contribution >= 0.6 is 0 Å². The Hall–Kier alpha value is -1.99. The summed E-state index contributed by atoms with van der Waals surface area (Å²) in [6, 6.07) is 3.63. The lowest BCUT2D eigenvalue weighted by Crippen LogP contribution is -2.53. The first-order valence-corrected chi connectivity index (χ1v) is 9.04. The van der Waals surface area contributed by atoms with Gasteiger partial charge < -0.3 is 14.7 Å². The van der Waals surface area contributed by atoms with E-state index in [-0.39, 0.29) is 23.7 Å². The zero-order chi connectivity index (χ0) is 17.4. The monoisotopic (exact) mass is 344 g/mol. The van der Waals surface area contributed by atoms with Crippen molar-refractivity contribution in [1.82, 2.24) is 19.5 Å². The molecule has 7 nitrogen and oxygen atoms in total. The number of carbonyl (C=O) groups is 1. The molecule has 0 saturated carbocycles. The third kappa shape index (κ3) is 3.02. The van der Waals surface area contributed by atoms with E-state index in [1.807, 2.05) is 11.0 Å². The number of aliphatic hydroxyl groups excluding tert-OH is 1. The lowest BCUT2D eigenvalue weighted by Gasteiger charge is -2.47. The highest BCUT2D eigenvalue weighted by atomic mass is 16.5. The zero-order valence-electron chi connectivity index (χ0n) is 14.5. The van der Waals surface area contributed by atoms with E-state index in [1.165, 1.54) is 0 Å². The molecule has 0 radical (unpaired) electrons. The fraction of sp³-hybridized carbons (Fsp3) is 0.611. The maximum atomic E-state index is 12.9. The number of hydrogen-bond acceptors (Lipinski definition) is 5. The number of aromatic nitrogens is 3. The molecule has 25 heavy (non-hydrogen) atoms. The van der Waals surface area contributed by atoms with Gasteiger partial charge in [0, 0.05) is 25.7 Å². The number of imidazole rings is 1. The van der Waals surface area contributed by atoms with Crippen LogP contribution in [0.2, 0.25) is 0 Å². The zero-order valence-corrected chi connectivity index (χ0v) is 14.5. The minimum Gasteiger partial charge on any atom is -0.393 e. The first-order valence-electron chi connectivity index (χ1n) is 9.04. The predicted octanol–water partition coefficient (Wildman–Crippen LogP) is 1.65. The standard InChI is InChI=1S/C18H24N4O3/c1-2-14-10-13(23)11-18(25-14)5-8-21(9-6-18)17(24)15-12-19-16-4-3-7-20-22(15)16/h3-4,7,12-14,23H,2,5-6,8-11H2,1H3/t13-,14+/m1/s1. The van der Waals surface area contributed by atoms with E-state index in [1.54, 1.807) is 23.0 Å². The van der Waals surface area contributed by atoms with E-state index in [4.69, 9.17) is 4.74 Å². The summed E-state index contributed by atoms with van der Waals surface area (Å²) in [6.07, 6.45) is 6.87. The highest BCUT2D eigenvalue weighted by Gasteiger charge is 2.43. The molecule has 2 aliphatic heterocycles. The molecule has 0 aliphatic carbocycles. The van der Waals surface area contributed by atoms with Crippen LogP contribution in [0.4, 0.5) is 0 Å². The summed E-state index contributed by atoms with van der Waals surface area (Å²) in [6.45, 7) is 3.34. The highest BCUT2D eigenvalue weighted by molar-refractivity contribution is 5.93. The van der Waals surface area contributed by atoms with Gasteiger partial charge >= 0.3 is 0 Å². The fourth-order valence-corrected chi connectivity index (χ4v) is 4.09. The summed E-state index contributed by atoms with van der Waals surface area (Å²) in [7, 11) is 0. The lowest BCUT2D eigenvalue weighted by atomic mass is 9.81. The van der Waals surface area contributed by atoms with Gasteiger partial charge in [0.1, 0.15) is 0 Å². The third-order valence-electron chi connectivity index (χ3n) is 5.47. The van der Waals surface area contributed by atoms with Crippen LogP contribution in [0.25, 0.3) is 5.65 Å². The van der Waals surface area contributed by atoms with Crippen molar-refractivity contribution in [2.75, 3.05) is 13.1 Å². The summed E-state index contributed by atoms with van der Waals surface area (Å²) in [5.74, 6) is -0.0514. The summed E-state index contributed by atoms with van der Waals surface area (Å²) in [4.78, 5) is 19.0. The minimum absolute atomic E-state index is 0.0514. The number of ether oxygens (including phenoxy) is 1. The number of likely N-dealkylation sites (tertiary alicyclic amines) is 1. The Labute approximate surface area is 146 Å². The largest absolute Gasteiger partial charge is 0.393 e. The van der Waals surface area contributed by atoms with Gasteiger partial charge in [0.15, 0.2) is 11.3 Å². The number of rotatable bonds is 2. The van der Waals surface area contributed by atoms with Gasteiger partial charge in [-0.2, -0.15) is 5.10 Å². The number of aliphatic hydroxyl groups is 1. The maximum absolute atomic E-state index is 12.9. The number of nitrogens with zero attached hydrogens (tertiary/aromatic N) is 4. The third-order valence-corrected chi connectivity index (χ3v) is 5.47. The van der Waals surface area contributed by atoms with Gasteiger partial charge in [0.05, 0.1) is 24.0 Å². The molecule has 0 unspecified atom stereocenters. The van der Waals surface area contributed by atoms with Crippen molar-refractivity contribution in [1.29, 1.82) is 0 Å². The quantitative estimate of drug-likeness (QED) is 0.896. The number of hydrogen-bond donors (Lipinski definition) is 1. The molecule has 2 saturated heterocycles. The van der Waals surface area contributed by atoms with Gasteiger partial charge in [-0.1, -0.05) is 6.92 Å². The SMILES string of the molecule is CC[C@H]1C[C@@H](O)CC2(CCN(C(=O)c3cnc4cccnn34)CC2)O1. The van der Waals surface area contributed by atoms with Crippen LogP contribution in [0.1, 0.15) is 49.5 Å². The van der Waals surface area contributed by atoms with E-state index in [2.05, 4.69) is 17.0 Å². The molecule has 2 fully saturated rings. The van der Waals surface area contributed by atoms with Crippen LogP contribution < -0.4 is 0 Å². The molecule has 0 bridgehead atoms. The van der Waals surface area contributed by atoms with Crippen LogP contribution in [0.15, 0.2) is 24.5 Å². The molecule has 4 rings (SSSR count). The molecule has 0 aromatic carbocycles. The average molecular weight is 344 g/mol. The summed E-state index contributed by atoms with van der Waals surface area (Å²) < 4.78 is 7.88. The van der Waals surface area contributed by atoms with E-state index in [0.29, 0.717) is 37.3 Å². The number of amides is 1. The van der Waals surface area contributed by atoms with Crippen LogP contribution in [0.5, 0.6) is 0 Å². The van der Waals surface area contributed by atoms with Crippen LogP contribution in [0.3, 0.4) is 0 Å².